The lowest BCUT2D eigenvalue weighted by Crippen LogP contribution is -2.35. The Morgan fingerprint density at radius 2 is 2.15 bits per heavy atom. The van der Waals surface area contributed by atoms with Gasteiger partial charge < -0.3 is 24.7 Å². The maximum atomic E-state index is 12.3. The van der Waals surface area contributed by atoms with Crippen LogP contribution in [0.25, 0.3) is 11.0 Å². The lowest BCUT2D eigenvalue weighted by molar-refractivity contribution is -0.121. The lowest BCUT2D eigenvalue weighted by atomic mass is 10.0. The molecule has 0 saturated heterocycles. The van der Waals surface area contributed by atoms with Crippen LogP contribution in [-0.4, -0.2) is 42.0 Å². The molecule has 3 N–H and O–H groups in total. The number of aliphatic hydroxyl groups is 2. The molecular weight excluding hydrogens is 338 g/mol. The molecule has 0 saturated carbocycles. The van der Waals surface area contributed by atoms with E-state index in [1.54, 1.807) is 25.1 Å². The Labute approximate surface area is 150 Å². The molecule has 0 aliphatic rings. The molecule has 7 heteroatoms. The summed E-state index contributed by atoms with van der Waals surface area (Å²) in [7, 11) is 0. The SMILES string of the molecule is C=C(C)COc1ccc2c(C)c(CC(=O)NC[C@@H](O)CO)c(=O)oc2c1. The molecule has 0 unspecified atom stereocenters. The predicted molar refractivity (Wildman–Crippen MR) is 97.3 cm³/mol. The van der Waals surface area contributed by atoms with Crippen LogP contribution in [0, 0.1) is 6.92 Å². The summed E-state index contributed by atoms with van der Waals surface area (Å²) in [6.45, 7) is 7.19. The van der Waals surface area contributed by atoms with Gasteiger partial charge in [-0.15, -0.1) is 0 Å². The smallest absolute Gasteiger partial charge is 0.340 e. The molecule has 140 valence electrons. The molecule has 2 aromatic rings. The van der Waals surface area contributed by atoms with Gasteiger partial charge in [-0.25, -0.2) is 4.79 Å². The first kappa shape index (κ1) is 19.7. The minimum absolute atomic E-state index is 0.0866. The first-order chi connectivity index (χ1) is 12.3. The Morgan fingerprint density at radius 3 is 2.81 bits per heavy atom. The molecule has 0 fully saturated rings. The summed E-state index contributed by atoms with van der Waals surface area (Å²) in [5.74, 6) is 0.125. The van der Waals surface area contributed by atoms with E-state index in [2.05, 4.69) is 11.9 Å². The second-order valence-electron chi connectivity index (χ2n) is 6.21. The number of hydrogen-bond donors (Lipinski definition) is 3. The summed E-state index contributed by atoms with van der Waals surface area (Å²) >= 11 is 0. The highest BCUT2D eigenvalue weighted by Crippen LogP contribution is 2.24. The summed E-state index contributed by atoms with van der Waals surface area (Å²) in [5, 5.41) is 21.2. The van der Waals surface area contributed by atoms with Crippen LogP contribution in [0.5, 0.6) is 5.75 Å². The fourth-order valence-corrected chi connectivity index (χ4v) is 2.39. The summed E-state index contributed by atoms with van der Waals surface area (Å²) in [4.78, 5) is 24.2. The fourth-order valence-electron chi connectivity index (χ4n) is 2.39. The van der Waals surface area contributed by atoms with Gasteiger partial charge in [0.15, 0.2) is 0 Å². The van der Waals surface area contributed by atoms with Crippen LogP contribution in [0.4, 0.5) is 0 Å². The van der Waals surface area contributed by atoms with Crippen LogP contribution in [-0.2, 0) is 11.2 Å². The van der Waals surface area contributed by atoms with Crippen molar-refractivity contribution in [3.8, 4) is 5.75 Å². The maximum absolute atomic E-state index is 12.3. The standard InChI is InChI=1S/C19H23NO6/c1-11(2)10-25-14-4-5-15-12(3)16(19(24)26-17(15)6-14)7-18(23)20-8-13(22)9-21/h4-6,13,21-22H,1,7-10H2,2-3H3,(H,20,23)/t13-/m1/s1. The molecule has 0 radical (unpaired) electrons. The van der Waals surface area contributed by atoms with Crippen molar-refractivity contribution in [1.29, 1.82) is 0 Å². The highest BCUT2D eigenvalue weighted by atomic mass is 16.5. The average Bonchev–Trinajstić information content (AvgIpc) is 2.61. The fraction of sp³-hybridized carbons (Fsp3) is 0.368. The number of carbonyl (C=O) groups excluding carboxylic acids is 1. The minimum Gasteiger partial charge on any atom is -0.489 e. The Balaban J connectivity index is 2.23. The number of nitrogens with one attached hydrogen (secondary N) is 1. The third-order valence-corrected chi connectivity index (χ3v) is 3.83. The van der Waals surface area contributed by atoms with Gasteiger partial charge in [-0.05, 0) is 37.1 Å². The molecule has 0 aliphatic carbocycles. The van der Waals surface area contributed by atoms with Gasteiger partial charge in [-0.1, -0.05) is 6.58 Å². The van der Waals surface area contributed by atoms with Gasteiger partial charge in [-0.3, -0.25) is 4.79 Å². The number of aryl methyl sites for hydroxylation is 1. The highest BCUT2D eigenvalue weighted by molar-refractivity contribution is 5.85. The molecular formula is C19H23NO6. The second kappa shape index (κ2) is 8.64. The number of aliphatic hydroxyl groups excluding tert-OH is 2. The third kappa shape index (κ3) is 4.93. The maximum Gasteiger partial charge on any atom is 0.340 e. The second-order valence-corrected chi connectivity index (χ2v) is 6.21. The van der Waals surface area contributed by atoms with Crippen molar-refractivity contribution in [2.75, 3.05) is 19.8 Å². The molecule has 0 aliphatic heterocycles. The van der Waals surface area contributed by atoms with Crippen LogP contribution in [0.1, 0.15) is 18.1 Å². The number of amides is 1. The normalized spacial score (nSPS) is 12.0. The van der Waals surface area contributed by atoms with Gasteiger partial charge in [0.25, 0.3) is 0 Å². The molecule has 1 amide bonds. The summed E-state index contributed by atoms with van der Waals surface area (Å²) in [6.07, 6.45) is -1.21. The van der Waals surface area contributed by atoms with Crippen molar-refractivity contribution in [1.82, 2.24) is 5.32 Å². The van der Waals surface area contributed by atoms with Gasteiger partial charge in [-0.2, -0.15) is 0 Å². The van der Waals surface area contributed by atoms with Gasteiger partial charge in [0, 0.05) is 18.0 Å². The number of benzene rings is 1. The van der Waals surface area contributed by atoms with E-state index in [9.17, 15) is 14.7 Å². The van der Waals surface area contributed by atoms with Crippen LogP contribution in [0.15, 0.2) is 39.6 Å². The Morgan fingerprint density at radius 1 is 1.42 bits per heavy atom. The van der Waals surface area contributed by atoms with E-state index >= 15 is 0 Å². The zero-order valence-corrected chi connectivity index (χ0v) is 14.9. The van der Waals surface area contributed by atoms with Gasteiger partial charge in [0.05, 0.1) is 24.7 Å². The van der Waals surface area contributed by atoms with Crippen molar-refractivity contribution in [3.63, 3.8) is 0 Å². The lowest BCUT2D eigenvalue weighted by Gasteiger charge is -2.11. The molecule has 1 atom stereocenters. The topological polar surface area (TPSA) is 109 Å². The van der Waals surface area contributed by atoms with Crippen LogP contribution < -0.4 is 15.7 Å². The molecule has 1 aromatic carbocycles. The first-order valence-electron chi connectivity index (χ1n) is 8.21. The third-order valence-electron chi connectivity index (χ3n) is 3.83. The monoisotopic (exact) mass is 361 g/mol. The Hall–Kier alpha value is -2.64. The van der Waals surface area contributed by atoms with Crippen molar-refractivity contribution in [2.24, 2.45) is 0 Å². The van der Waals surface area contributed by atoms with E-state index in [1.165, 1.54) is 0 Å². The number of fused-ring (bicyclic) bond motifs is 1. The summed E-state index contributed by atoms with van der Waals surface area (Å²) in [6, 6.07) is 5.17. The zero-order valence-electron chi connectivity index (χ0n) is 14.9. The quantitative estimate of drug-likeness (QED) is 0.479. The van der Waals surface area contributed by atoms with Crippen LogP contribution in [0.3, 0.4) is 0 Å². The Bertz CT molecular complexity index is 870. The minimum atomic E-state index is -1.04. The number of rotatable bonds is 8. The first-order valence-corrected chi connectivity index (χ1v) is 8.21. The van der Waals surface area contributed by atoms with Gasteiger partial charge in [0.2, 0.25) is 5.91 Å². The molecule has 7 nitrogen and oxygen atoms in total. The van der Waals surface area contributed by atoms with E-state index in [1.807, 2.05) is 6.92 Å². The largest absolute Gasteiger partial charge is 0.489 e. The van der Waals surface area contributed by atoms with E-state index in [-0.39, 0.29) is 18.5 Å². The molecule has 1 heterocycles. The number of ether oxygens (including phenoxy) is 1. The Kier molecular flexibility index (Phi) is 6.54. The molecule has 2 rings (SSSR count). The average molecular weight is 361 g/mol. The van der Waals surface area contributed by atoms with Crippen LogP contribution in [0.2, 0.25) is 0 Å². The molecule has 26 heavy (non-hydrogen) atoms. The highest BCUT2D eigenvalue weighted by Gasteiger charge is 2.16. The summed E-state index contributed by atoms with van der Waals surface area (Å²) in [5.41, 5.74) is 1.57. The van der Waals surface area contributed by atoms with E-state index < -0.39 is 24.2 Å². The molecule has 0 bridgehead atoms. The predicted octanol–water partition coefficient (Wildman–Crippen LogP) is 1.07. The zero-order chi connectivity index (χ0) is 19.3. The van der Waals surface area contributed by atoms with Crippen molar-refractivity contribution in [2.45, 2.75) is 26.4 Å². The van der Waals surface area contributed by atoms with Crippen molar-refractivity contribution < 1.29 is 24.2 Å². The van der Waals surface area contributed by atoms with Crippen LogP contribution >= 0.6 is 0 Å². The van der Waals surface area contributed by atoms with E-state index in [0.29, 0.717) is 28.9 Å². The molecule has 1 aromatic heterocycles. The van der Waals surface area contributed by atoms with Gasteiger partial charge >= 0.3 is 5.63 Å². The number of carbonyl (C=O) groups is 1. The summed E-state index contributed by atoms with van der Waals surface area (Å²) < 4.78 is 10.9. The van der Waals surface area contributed by atoms with E-state index in [0.717, 1.165) is 5.57 Å². The van der Waals surface area contributed by atoms with Crippen molar-refractivity contribution >= 4 is 16.9 Å². The number of hydrogen-bond acceptors (Lipinski definition) is 6. The molecule has 0 spiro atoms. The van der Waals surface area contributed by atoms with Gasteiger partial charge in [0.1, 0.15) is 17.9 Å². The van der Waals surface area contributed by atoms with Crippen molar-refractivity contribution in [3.05, 3.63) is 51.9 Å². The van der Waals surface area contributed by atoms with E-state index in [4.69, 9.17) is 14.3 Å².